The van der Waals surface area contributed by atoms with Gasteiger partial charge < -0.3 is 14.6 Å². The predicted octanol–water partition coefficient (Wildman–Crippen LogP) is 5.88. The predicted molar refractivity (Wildman–Crippen MR) is 115 cm³/mol. The van der Waals surface area contributed by atoms with Gasteiger partial charge in [0.25, 0.3) is 5.91 Å². The molecule has 3 aromatic carbocycles. The Hall–Kier alpha value is -3.81. The monoisotopic (exact) mass is 439 g/mol. The van der Waals surface area contributed by atoms with Gasteiger partial charge >= 0.3 is 6.18 Å². The summed E-state index contributed by atoms with van der Waals surface area (Å²) in [5.41, 5.74) is -0.261. The van der Waals surface area contributed by atoms with Crippen molar-refractivity contribution in [2.45, 2.75) is 19.1 Å². The molecule has 0 fully saturated rings. The molecule has 4 aromatic rings. The lowest BCUT2D eigenvalue weighted by atomic mass is 10.1. The van der Waals surface area contributed by atoms with Crippen molar-refractivity contribution >= 4 is 16.7 Å². The second-order valence-corrected chi connectivity index (χ2v) is 7.41. The zero-order valence-corrected chi connectivity index (χ0v) is 17.4. The number of fused-ring (bicyclic) bond motifs is 1. The summed E-state index contributed by atoms with van der Waals surface area (Å²) in [6.45, 7) is 1.86. The Bertz CT molecular complexity index is 1260. The Labute approximate surface area is 182 Å². The molecule has 0 saturated heterocycles. The van der Waals surface area contributed by atoms with Gasteiger partial charge in [-0.25, -0.2) is 4.98 Å². The number of imidazole rings is 1. The second-order valence-electron chi connectivity index (χ2n) is 7.41. The van der Waals surface area contributed by atoms with Gasteiger partial charge in [-0.15, -0.1) is 0 Å². The molecule has 0 bridgehead atoms. The summed E-state index contributed by atoms with van der Waals surface area (Å²) in [4.78, 5) is 17.0. The van der Waals surface area contributed by atoms with E-state index >= 15 is 0 Å². The number of carbonyl (C=O) groups excluding carboxylic acids is 1. The van der Waals surface area contributed by atoms with E-state index in [1.165, 1.54) is 12.1 Å². The summed E-state index contributed by atoms with van der Waals surface area (Å²) in [6.07, 6.45) is -0.916. The van der Waals surface area contributed by atoms with Crippen molar-refractivity contribution in [3.8, 4) is 11.5 Å². The maximum Gasteiger partial charge on any atom is 0.416 e. The van der Waals surface area contributed by atoms with Crippen LogP contribution in [0.3, 0.4) is 0 Å². The Morgan fingerprint density at radius 3 is 2.50 bits per heavy atom. The van der Waals surface area contributed by atoms with Crippen LogP contribution in [0.4, 0.5) is 13.2 Å². The smallest absolute Gasteiger partial charge is 0.416 e. The van der Waals surface area contributed by atoms with E-state index in [0.717, 1.165) is 28.7 Å². The summed E-state index contributed by atoms with van der Waals surface area (Å²) in [5, 5.41) is 4.44. The van der Waals surface area contributed by atoms with Gasteiger partial charge in [0.1, 0.15) is 17.3 Å². The van der Waals surface area contributed by atoms with Crippen molar-refractivity contribution in [1.29, 1.82) is 0 Å². The van der Waals surface area contributed by atoms with Gasteiger partial charge in [0.05, 0.1) is 11.6 Å². The van der Waals surface area contributed by atoms with Crippen molar-refractivity contribution in [3.63, 3.8) is 0 Å². The van der Waals surface area contributed by atoms with Gasteiger partial charge in [0, 0.05) is 30.4 Å². The molecule has 0 aliphatic carbocycles. The highest BCUT2D eigenvalue weighted by Gasteiger charge is 2.30. The third-order valence-electron chi connectivity index (χ3n) is 5.11. The van der Waals surface area contributed by atoms with Crippen LogP contribution in [0.15, 0.2) is 73.1 Å². The van der Waals surface area contributed by atoms with E-state index in [4.69, 9.17) is 4.74 Å². The average molecular weight is 439 g/mol. The lowest BCUT2D eigenvalue weighted by molar-refractivity contribution is -0.137. The van der Waals surface area contributed by atoms with Gasteiger partial charge in [0.15, 0.2) is 0 Å². The number of carbonyl (C=O) groups is 1. The number of hydrogen-bond donors (Lipinski definition) is 1. The van der Waals surface area contributed by atoms with Crippen molar-refractivity contribution in [3.05, 3.63) is 90.0 Å². The van der Waals surface area contributed by atoms with Gasteiger partial charge in [-0.05, 0) is 60.8 Å². The minimum Gasteiger partial charge on any atom is -0.457 e. The highest BCUT2D eigenvalue weighted by molar-refractivity contribution is 6.00. The molecule has 1 heterocycles. The van der Waals surface area contributed by atoms with Gasteiger partial charge in [0.2, 0.25) is 0 Å². The van der Waals surface area contributed by atoms with E-state index in [0.29, 0.717) is 11.3 Å². The summed E-state index contributed by atoms with van der Waals surface area (Å²) in [7, 11) is 1.86. The Balaban J connectivity index is 1.54. The van der Waals surface area contributed by atoms with E-state index in [2.05, 4.69) is 10.3 Å². The number of hydrogen-bond acceptors (Lipinski definition) is 3. The van der Waals surface area contributed by atoms with E-state index in [1.54, 1.807) is 36.5 Å². The minimum atomic E-state index is -4.40. The van der Waals surface area contributed by atoms with Crippen LogP contribution >= 0.6 is 0 Å². The zero-order valence-electron chi connectivity index (χ0n) is 17.4. The largest absolute Gasteiger partial charge is 0.457 e. The van der Waals surface area contributed by atoms with Crippen molar-refractivity contribution in [1.82, 2.24) is 14.9 Å². The van der Waals surface area contributed by atoms with Crippen LogP contribution in [0.5, 0.6) is 11.5 Å². The summed E-state index contributed by atoms with van der Waals surface area (Å²) >= 11 is 0. The Morgan fingerprint density at radius 1 is 1.09 bits per heavy atom. The lowest BCUT2D eigenvalue weighted by Gasteiger charge is -2.15. The summed E-state index contributed by atoms with van der Waals surface area (Å²) in [5.74, 6) is 1.27. The number of halogens is 3. The number of nitrogens with one attached hydrogen (secondary N) is 1. The number of alkyl halides is 3. The molecule has 0 aliphatic heterocycles. The van der Waals surface area contributed by atoms with Gasteiger partial charge in [-0.3, -0.25) is 4.79 Å². The number of rotatable bonds is 5. The highest BCUT2D eigenvalue weighted by Crippen LogP contribution is 2.33. The van der Waals surface area contributed by atoms with E-state index < -0.39 is 11.7 Å². The molecule has 0 radical (unpaired) electrons. The highest BCUT2D eigenvalue weighted by atomic mass is 19.4. The Kier molecular flexibility index (Phi) is 5.61. The quantitative estimate of drug-likeness (QED) is 0.423. The number of nitrogens with zero attached hydrogens (tertiary/aromatic N) is 2. The van der Waals surface area contributed by atoms with Crippen LogP contribution in [0.2, 0.25) is 0 Å². The summed E-state index contributed by atoms with van der Waals surface area (Å²) < 4.78 is 45.9. The van der Waals surface area contributed by atoms with Crippen molar-refractivity contribution < 1.29 is 22.7 Å². The minimum absolute atomic E-state index is 0.239. The molecule has 1 amide bonds. The van der Waals surface area contributed by atoms with Crippen LogP contribution in [0, 0.1) is 0 Å². The first-order valence-corrected chi connectivity index (χ1v) is 9.88. The number of aromatic nitrogens is 2. The molecule has 1 unspecified atom stereocenters. The third kappa shape index (κ3) is 4.44. The van der Waals surface area contributed by atoms with Gasteiger partial charge in [-0.1, -0.05) is 12.1 Å². The molecule has 0 saturated carbocycles. The topological polar surface area (TPSA) is 56.1 Å². The molecular formula is C24H20F3N3O2. The number of aryl methyl sites for hydroxylation is 1. The standard InChI is InChI=1S/C24H20F3N3O2/c1-15(22-28-12-13-30(22)2)29-23(31)17-6-11-20-16(14-17)4-3-5-21(20)32-19-9-7-18(8-10-19)24(25,26)27/h3-15H,1-2H3,(H,29,31). The van der Waals surface area contributed by atoms with Crippen LogP contribution in [-0.4, -0.2) is 15.5 Å². The fourth-order valence-electron chi connectivity index (χ4n) is 3.46. The van der Waals surface area contributed by atoms with E-state index in [-0.39, 0.29) is 17.7 Å². The molecule has 1 N–H and O–H groups in total. The van der Waals surface area contributed by atoms with Crippen LogP contribution < -0.4 is 10.1 Å². The molecule has 32 heavy (non-hydrogen) atoms. The fourth-order valence-corrected chi connectivity index (χ4v) is 3.46. The van der Waals surface area contributed by atoms with Crippen LogP contribution in [-0.2, 0) is 13.2 Å². The second kappa shape index (κ2) is 8.37. The normalized spacial score (nSPS) is 12.5. The van der Waals surface area contributed by atoms with E-state index in [1.807, 2.05) is 30.8 Å². The number of ether oxygens (including phenoxy) is 1. The lowest BCUT2D eigenvalue weighted by Crippen LogP contribution is -2.28. The molecule has 0 spiro atoms. The molecule has 4 rings (SSSR count). The average Bonchev–Trinajstić information content (AvgIpc) is 3.19. The number of benzene rings is 3. The zero-order chi connectivity index (χ0) is 22.9. The molecule has 8 heteroatoms. The first-order valence-electron chi connectivity index (χ1n) is 9.88. The first kappa shape index (κ1) is 21.4. The molecular weight excluding hydrogens is 419 g/mol. The van der Waals surface area contributed by atoms with Gasteiger partial charge in [-0.2, -0.15) is 13.2 Å². The van der Waals surface area contributed by atoms with Crippen molar-refractivity contribution in [2.24, 2.45) is 7.05 Å². The summed E-state index contributed by atoms with van der Waals surface area (Å²) in [6, 6.07) is 14.8. The molecule has 1 atom stereocenters. The third-order valence-corrected chi connectivity index (χ3v) is 5.11. The maximum absolute atomic E-state index is 12.8. The fraction of sp³-hybridized carbons (Fsp3) is 0.167. The molecule has 1 aromatic heterocycles. The molecule has 164 valence electrons. The molecule has 0 aliphatic rings. The molecule has 5 nitrogen and oxygen atoms in total. The Morgan fingerprint density at radius 2 is 1.84 bits per heavy atom. The van der Waals surface area contributed by atoms with Crippen molar-refractivity contribution in [2.75, 3.05) is 0 Å². The van der Waals surface area contributed by atoms with E-state index in [9.17, 15) is 18.0 Å². The maximum atomic E-state index is 12.8. The first-order chi connectivity index (χ1) is 15.2. The number of amides is 1. The SMILES string of the molecule is CC(NC(=O)c1ccc2c(Oc3ccc(C(F)(F)F)cc3)cccc2c1)c1nccn1C. The van der Waals surface area contributed by atoms with Crippen LogP contribution in [0.1, 0.15) is 34.7 Å². The van der Waals surface area contributed by atoms with Crippen LogP contribution in [0.25, 0.3) is 10.8 Å².